The van der Waals surface area contributed by atoms with E-state index in [1.165, 1.54) is 0 Å². The maximum atomic E-state index is 12.3. The zero-order valence-electron chi connectivity index (χ0n) is 14.3. The molecular formula is C18H18N4O2S. The first-order valence-corrected chi connectivity index (χ1v) is 9.07. The minimum absolute atomic E-state index is 0.168. The molecule has 7 heteroatoms. The van der Waals surface area contributed by atoms with Gasteiger partial charge in [-0.1, -0.05) is 12.1 Å². The van der Waals surface area contributed by atoms with E-state index in [2.05, 4.69) is 15.2 Å². The summed E-state index contributed by atoms with van der Waals surface area (Å²) in [7, 11) is 0. The van der Waals surface area contributed by atoms with Crippen LogP contribution in [0.4, 0.5) is 11.5 Å². The zero-order valence-corrected chi connectivity index (χ0v) is 15.1. The first kappa shape index (κ1) is 17.2. The van der Waals surface area contributed by atoms with E-state index in [0.717, 1.165) is 10.5 Å². The number of ether oxygens (including phenoxy) is 1. The number of benzene rings is 1. The number of fused-ring (bicyclic) bond motifs is 1. The Bertz CT molecular complexity index is 949. The van der Waals surface area contributed by atoms with Crippen LogP contribution in [0.3, 0.4) is 0 Å². The smallest absolute Gasteiger partial charge is 0.360 e. The highest BCUT2D eigenvalue weighted by molar-refractivity contribution is 7.98. The molecule has 0 aliphatic carbocycles. The number of hydrogen-bond donors (Lipinski definition) is 0. The maximum absolute atomic E-state index is 12.3. The molecule has 0 aliphatic heterocycles. The molecule has 3 aromatic rings. The molecule has 0 atom stereocenters. The topological polar surface area (TPSA) is 68.3 Å². The molecule has 0 bridgehead atoms. The molecule has 0 amide bonds. The average molecular weight is 354 g/mol. The lowest BCUT2D eigenvalue weighted by molar-refractivity contribution is 0.0521. The van der Waals surface area contributed by atoms with Crippen LogP contribution in [0, 0.1) is 6.92 Å². The highest BCUT2D eigenvalue weighted by Crippen LogP contribution is 2.27. The van der Waals surface area contributed by atoms with Crippen LogP contribution >= 0.6 is 11.8 Å². The lowest BCUT2D eigenvalue weighted by Gasteiger charge is -2.00. The van der Waals surface area contributed by atoms with Gasteiger partial charge in [-0.2, -0.15) is 0 Å². The molecule has 0 fully saturated rings. The third kappa shape index (κ3) is 3.56. The van der Waals surface area contributed by atoms with E-state index in [4.69, 9.17) is 4.74 Å². The van der Waals surface area contributed by atoms with Gasteiger partial charge in [-0.3, -0.25) is 4.40 Å². The Labute approximate surface area is 149 Å². The highest BCUT2D eigenvalue weighted by Gasteiger charge is 2.21. The van der Waals surface area contributed by atoms with Gasteiger partial charge in [-0.05, 0) is 49.9 Å². The molecule has 25 heavy (non-hydrogen) atoms. The monoisotopic (exact) mass is 354 g/mol. The lowest BCUT2D eigenvalue weighted by atomic mass is 10.3. The molecule has 128 valence electrons. The number of pyridine rings is 1. The number of carbonyl (C=O) groups excluding carboxylic acids is 1. The highest BCUT2D eigenvalue weighted by atomic mass is 32.2. The first-order valence-electron chi connectivity index (χ1n) is 7.84. The SMILES string of the molecule is CCOC(=O)c1nc2c(C)cccn2c1N=Nc1cccc(SC)c1. The van der Waals surface area contributed by atoms with Gasteiger partial charge in [-0.25, -0.2) is 9.78 Å². The Morgan fingerprint density at radius 1 is 1.28 bits per heavy atom. The van der Waals surface area contributed by atoms with Crippen molar-refractivity contribution in [1.29, 1.82) is 0 Å². The van der Waals surface area contributed by atoms with E-state index in [-0.39, 0.29) is 12.3 Å². The van der Waals surface area contributed by atoms with Gasteiger partial charge >= 0.3 is 5.97 Å². The minimum atomic E-state index is -0.502. The Balaban J connectivity index is 2.09. The average Bonchev–Trinajstić information content (AvgIpc) is 3.00. The second kappa shape index (κ2) is 7.48. The number of imidazole rings is 1. The fourth-order valence-electron chi connectivity index (χ4n) is 2.40. The van der Waals surface area contributed by atoms with Crippen LogP contribution < -0.4 is 0 Å². The predicted molar refractivity (Wildman–Crippen MR) is 98.3 cm³/mol. The van der Waals surface area contributed by atoms with Crippen molar-refractivity contribution >= 4 is 34.9 Å². The number of esters is 1. The Hall–Kier alpha value is -2.67. The van der Waals surface area contributed by atoms with E-state index in [1.807, 2.05) is 55.8 Å². The van der Waals surface area contributed by atoms with E-state index in [0.29, 0.717) is 17.2 Å². The second-order valence-electron chi connectivity index (χ2n) is 5.29. The van der Waals surface area contributed by atoms with Crippen LogP contribution in [0.2, 0.25) is 0 Å². The van der Waals surface area contributed by atoms with E-state index in [9.17, 15) is 4.79 Å². The summed E-state index contributed by atoms with van der Waals surface area (Å²) in [5.41, 5.74) is 2.49. The van der Waals surface area contributed by atoms with Crippen molar-refractivity contribution in [2.45, 2.75) is 18.7 Å². The van der Waals surface area contributed by atoms with E-state index < -0.39 is 5.97 Å². The molecule has 0 unspecified atom stereocenters. The number of azo groups is 1. The number of thioether (sulfide) groups is 1. The van der Waals surface area contributed by atoms with Crippen LogP contribution in [0.25, 0.3) is 5.65 Å². The van der Waals surface area contributed by atoms with Crippen molar-refractivity contribution < 1.29 is 9.53 Å². The molecule has 0 radical (unpaired) electrons. The number of rotatable bonds is 5. The number of nitrogens with zero attached hydrogens (tertiary/aromatic N) is 4. The van der Waals surface area contributed by atoms with Gasteiger partial charge in [-0.15, -0.1) is 22.0 Å². The summed E-state index contributed by atoms with van der Waals surface area (Å²) in [6, 6.07) is 11.5. The van der Waals surface area contributed by atoms with Crippen molar-refractivity contribution in [3.8, 4) is 0 Å². The Morgan fingerprint density at radius 2 is 2.12 bits per heavy atom. The third-order valence-electron chi connectivity index (χ3n) is 3.60. The molecule has 6 nitrogen and oxygen atoms in total. The molecular weight excluding hydrogens is 336 g/mol. The van der Waals surface area contributed by atoms with E-state index in [1.54, 1.807) is 23.1 Å². The molecule has 0 aliphatic rings. The number of hydrogen-bond acceptors (Lipinski definition) is 6. The molecule has 0 spiro atoms. The summed E-state index contributed by atoms with van der Waals surface area (Å²) in [6.07, 6.45) is 3.81. The summed E-state index contributed by atoms with van der Waals surface area (Å²) in [6.45, 7) is 3.96. The Kier molecular flexibility index (Phi) is 5.14. The first-order chi connectivity index (χ1) is 12.1. The quantitative estimate of drug-likeness (QED) is 0.369. The van der Waals surface area contributed by atoms with Crippen LogP contribution in [0.15, 0.2) is 57.7 Å². The van der Waals surface area contributed by atoms with Gasteiger partial charge in [0.15, 0.2) is 11.5 Å². The van der Waals surface area contributed by atoms with Crippen molar-refractivity contribution in [2.24, 2.45) is 10.2 Å². The summed E-state index contributed by atoms with van der Waals surface area (Å²) in [5, 5.41) is 8.58. The normalized spacial score (nSPS) is 11.3. The van der Waals surface area contributed by atoms with Crippen LogP contribution in [-0.4, -0.2) is 28.2 Å². The van der Waals surface area contributed by atoms with Gasteiger partial charge in [0, 0.05) is 11.1 Å². The summed E-state index contributed by atoms with van der Waals surface area (Å²) < 4.78 is 6.86. The van der Waals surface area contributed by atoms with Gasteiger partial charge in [0.25, 0.3) is 0 Å². The maximum Gasteiger partial charge on any atom is 0.360 e. The van der Waals surface area contributed by atoms with Gasteiger partial charge < -0.3 is 4.74 Å². The standard InChI is InChI=1S/C18H18N4O2S/c1-4-24-18(23)15-17(22-10-6-7-12(2)16(22)19-15)21-20-13-8-5-9-14(11-13)25-3/h5-11H,4H2,1-3H3. The number of carbonyl (C=O) groups is 1. The molecule has 2 aromatic heterocycles. The van der Waals surface area contributed by atoms with Crippen molar-refractivity contribution in [3.63, 3.8) is 0 Å². The summed E-state index contributed by atoms with van der Waals surface area (Å²) in [4.78, 5) is 17.8. The fourth-order valence-corrected chi connectivity index (χ4v) is 2.85. The largest absolute Gasteiger partial charge is 0.461 e. The zero-order chi connectivity index (χ0) is 17.8. The molecule has 0 N–H and O–H groups in total. The Morgan fingerprint density at radius 3 is 2.88 bits per heavy atom. The lowest BCUT2D eigenvalue weighted by Crippen LogP contribution is -2.05. The summed E-state index contributed by atoms with van der Waals surface area (Å²) >= 11 is 1.63. The van der Waals surface area contributed by atoms with Crippen LogP contribution in [-0.2, 0) is 4.74 Å². The molecule has 0 saturated heterocycles. The van der Waals surface area contributed by atoms with Crippen LogP contribution in [0.5, 0.6) is 0 Å². The molecule has 3 rings (SSSR count). The molecule has 2 heterocycles. The third-order valence-corrected chi connectivity index (χ3v) is 4.33. The van der Waals surface area contributed by atoms with Crippen molar-refractivity contribution in [3.05, 3.63) is 53.9 Å². The second-order valence-corrected chi connectivity index (χ2v) is 6.17. The van der Waals surface area contributed by atoms with Crippen LogP contribution in [0.1, 0.15) is 23.0 Å². The summed E-state index contributed by atoms with van der Waals surface area (Å²) in [5.74, 6) is -0.135. The van der Waals surface area contributed by atoms with Gasteiger partial charge in [0.2, 0.25) is 0 Å². The minimum Gasteiger partial charge on any atom is -0.461 e. The number of aromatic nitrogens is 2. The number of aryl methyl sites for hydroxylation is 1. The predicted octanol–water partition coefficient (Wildman–Crippen LogP) is 4.96. The van der Waals surface area contributed by atoms with Gasteiger partial charge in [0.1, 0.15) is 5.65 Å². The fraction of sp³-hybridized carbons (Fsp3) is 0.222. The van der Waals surface area contributed by atoms with Gasteiger partial charge in [0.05, 0.1) is 12.3 Å². The molecule has 0 saturated carbocycles. The van der Waals surface area contributed by atoms with Crippen molar-refractivity contribution in [1.82, 2.24) is 9.38 Å². The van der Waals surface area contributed by atoms with E-state index >= 15 is 0 Å². The van der Waals surface area contributed by atoms with Crippen molar-refractivity contribution in [2.75, 3.05) is 12.9 Å². The molecule has 1 aromatic carbocycles.